The van der Waals surface area contributed by atoms with Crippen LogP contribution in [0.2, 0.25) is 0 Å². The molecule has 0 saturated heterocycles. The van der Waals surface area contributed by atoms with Gasteiger partial charge < -0.3 is 4.42 Å². The van der Waals surface area contributed by atoms with Crippen LogP contribution in [0, 0.1) is 20.8 Å². The third-order valence-electron chi connectivity index (χ3n) is 3.50. The van der Waals surface area contributed by atoms with Gasteiger partial charge in [-0.3, -0.25) is 14.9 Å². The fraction of sp³-hybridized carbons (Fsp3) is 0.429. The average Bonchev–Trinajstić information content (AvgIpc) is 2.90. The number of nitrogens with one attached hydrogen (secondary N) is 1. The first-order valence-corrected chi connectivity index (χ1v) is 6.61. The van der Waals surface area contributed by atoms with Gasteiger partial charge in [0.1, 0.15) is 5.76 Å². The van der Waals surface area contributed by atoms with Crippen molar-refractivity contribution in [3.63, 3.8) is 0 Å². The molecule has 2 aromatic rings. The topological polar surface area (TPSA) is 86.1 Å². The van der Waals surface area contributed by atoms with Crippen LogP contribution < -0.4 is 11.3 Å². The number of amides is 1. The van der Waals surface area contributed by atoms with Crippen molar-refractivity contribution in [3.05, 3.63) is 40.1 Å². The predicted molar refractivity (Wildman–Crippen MR) is 75.3 cm³/mol. The molecule has 108 valence electrons. The number of rotatable bonds is 4. The number of aromatic nitrogens is 2. The zero-order chi connectivity index (χ0) is 14.9. The van der Waals surface area contributed by atoms with E-state index in [1.54, 1.807) is 0 Å². The van der Waals surface area contributed by atoms with Crippen molar-refractivity contribution in [2.24, 2.45) is 5.84 Å². The standard InChI is InChI=1S/C14H20N4O2/c1-5-12-9(3)17-18(10(12)4)7-11-6-8(2)13(20-11)14(19)16-15/h6H,5,7,15H2,1-4H3,(H,16,19). The van der Waals surface area contributed by atoms with Crippen LogP contribution in [0.25, 0.3) is 0 Å². The van der Waals surface area contributed by atoms with Crippen LogP contribution in [0.1, 0.15) is 45.8 Å². The molecule has 20 heavy (non-hydrogen) atoms. The Kier molecular flexibility index (Phi) is 3.94. The lowest BCUT2D eigenvalue weighted by atomic mass is 10.1. The van der Waals surface area contributed by atoms with Crippen molar-refractivity contribution in [3.8, 4) is 0 Å². The SMILES string of the molecule is CCc1c(C)nn(Cc2cc(C)c(C(=O)NN)o2)c1C. The van der Waals surface area contributed by atoms with E-state index in [1.165, 1.54) is 5.56 Å². The zero-order valence-electron chi connectivity index (χ0n) is 12.3. The molecule has 0 aliphatic heterocycles. The van der Waals surface area contributed by atoms with Crippen LogP contribution in [-0.2, 0) is 13.0 Å². The number of furan rings is 1. The maximum atomic E-state index is 11.5. The molecular formula is C14H20N4O2. The maximum Gasteiger partial charge on any atom is 0.301 e. The van der Waals surface area contributed by atoms with Gasteiger partial charge in [-0.15, -0.1) is 0 Å². The van der Waals surface area contributed by atoms with Gasteiger partial charge in [0.2, 0.25) is 0 Å². The van der Waals surface area contributed by atoms with Gasteiger partial charge >= 0.3 is 5.91 Å². The lowest BCUT2D eigenvalue weighted by molar-refractivity contribution is 0.0923. The highest BCUT2D eigenvalue weighted by molar-refractivity contribution is 5.92. The Balaban J connectivity index is 2.29. The van der Waals surface area contributed by atoms with Gasteiger partial charge in [-0.25, -0.2) is 5.84 Å². The van der Waals surface area contributed by atoms with Gasteiger partial charge in [0.25, 0.3) is 0 Å². The fourth-order valence-corrected chi connectivity index (χ4v) is 2.46. The fourth-order valence-electron chi connectivity index (χ4n) is 2.46. The number of hydrogen-bond acceptors (Lipinski definition) is 4. The molecular weight excluding hydrogens is 256 g/mol. The normalized spacial score (nSPS) is 10.8. The third-order valence-corrected chi connectivity index (χ3v) is 3.50. The van der Waals surface area contributed by atoms with Crippen LogP contribution >= 0.6 is 0 Å². The molecule has 1 amide bonds. The van der Waals surface area contributed by atoms with E-state index < -0.39 is 5.91 Å². The number of hydrogen-bond donors (Lipinski definition) is 2. The smallest absolute Gasteiger partial charge is 0.301 e. The number of nitrogens with zero attached hydrogens (tertiary/aromatic N) is 2. The second kappa shape index (κ2) is 5.50. The summed E-state index contributed by atoms with van der Waals surface area (Å²) in [7, 11) is 0. The van der Waals surface area contributed by atoms with Crippen molar-refractivity contribution in [2.45, 2.75) is 40.7 Å². The molecule has 2 rings (SSSR count). The summed E-state index contributed by atoms with van der Waals surface area (Å²) in [5.41, 5.74) is 6.26. The molecule has 3 N–H and O–H groups in total. The molecule has 0 spiro atoms. The number of carbonyl (C=O) groups excluding carboxylic acids is 1. The molecule has 2 aromatic heterocycles. The summed E-state index contributed by atoms with van der Waals surface area (Å²) >= 11 is 0. The van der Waals surface area contributed by atoms with E-state index >= 15 is 0 Å². The molecule has 0 fully saturated rings. The summed E-state index contributed by atoms with van der Waals surface area (Å²) in [6.07, 6.45) is 0.954. The minimum atomic E-state index is -0.420. The minimum Gasteiger partial charge on any atom is -0.454 e. The molecule has 0 unspecified atom stereocenters. The van der Waals surface area contributed by atoms with Gasteiger partial charge in [-0.05, 0) is 38.8 Å². The highest BCUT2D eigenvalue weighted by atomic mass is 16.4. The predicted octanol–water partition coefficient (Wildman–Crippen LogP) is 1.62. The van der Waals surface area contributed by atoms with E-state index in [1.807, 2.05) is 31.5 Å². The molecule has 0 radical (unpaired) electrons. The second-order valence-electron chi connectivity index (χ2n) is 4.86. The van der Waals surface area contributed by atoms with E-state index in [4.69, 9.17) is 10.3 Å². The average molecular weight is 276 g/mol. The molecule has 0 atom stereocenters. The van der Waals surface area contributed by atoms with Crippen LogP contribution in [-0.4, -0.2) is 15.7 Å². The van der Waals surface area contributed by atoms with E-state index in [-0.39, 0.29) is 5.76 Å². The molecule has 6 heteroatoms. The molecule has 0 aromatic carbocycles. The highest BCUT2D eigenvalue weighted by Crippen LogP contribution is 2.18. The Morgan fingerprint density at radius 2 is 2.15 bits per heavy atom. The lowest BCUT2D eigenvalue weighted by Crippen LogP contribution is -2.30. The molecule has 2 heterocycles. The number of aryl methyl sites for hydroxylation is 2. The van der Waals surface area contributed by atoms with Crippen LogP contribution in [0.4, 0.5) is 0 Å². The van der Waals surface area contributed by atoms with Gasteiger partial charge in [0.05, 0.1) is 12.2 Å². The lowest BCUT2D eigenvalue weighted by Gasteiger charge is -2.02. The van der Waals surface area contributed by atoms with E-state index in [2.05, 4.69) is 17.4 Å². The van der Waals surface area contributed by atoms with E-state index in [0.29, 0.717) is 12.3 Å². The van der Waals surface area contributed by atoms with Gasteiger partial charge in [0.15, 0.2) is 5.76 Å². The summed E-state index contributed by atoms with van der Waals surface area (Å²) < 4.78 is 7.46. The molecule has 6 nitrogen and oxygen atoms in total. The zero-order valence-corrected chi connectivity index (χ0v) is 12.3. The number of nitrogen functional groups attached to an aromatic ring is 1. The first-order chi connectivity index (χ1) is 9.47. The first-order valence-electron chi connectivity index (χ1n) is 6.61. The molecule has 0 aliphatic rings. The second-order valence-corrected chi connectivity index (χ2v) is 4.86. The largest absolute Gasteiger partial charge is 0.454 e. The van der Waals surface area contributed by atoms with Crippen LogP contribution in [0.3, 0.4) is 0 Å². The summed E-state index contributed by atoms with van der Waals surface area (Å²) in [6.45, 7) is 8.48. The van der Waals surface area contributed by atoms with Gasteiger partial charge in [-0.1, -0.05) is 6.92 Å². The molecule has 0 saturated carbocycles. The summed E-state index contributed by atoms with van der Waals surface area (Å²) in [5.74, 6) is 5.64. The van der Waals surface area contributed by atoms with Crippen molar-refractivity contribution < 1.29 is 9.21 Å². The summed E-state index contributed by atoms with van der Waals surface area (Å²) in [6, 6.07) is 1.84. The Labute approximate surface area is 117 Å². The van der Waals surface area contributed by atoms with Crippen LogP contribution in [0.5, 0.6) is 0 Å². The van der Waals surface area contributed by atoms with Crippen molar-refractivity contribution >= 4 is 5.91 Å². The Morgan fingerprint density at radius 3 is 2.70 bits per heavy atom. The minimum absolute atomic E-state index is 0.250. The van der Waals surface area contributed by atoms with Crippen LogP contribution in [0.15, 0.2) is 10.5 Å². The van der Waals surface area contributed by atoms with Crippen molar-refractivity contribution in [1.29, 1.82) is 0 Å². The van der Waals surface area contributed by atoms with Crippen molar-refractivity contribution in [2.75, 3.05) is 0 Å². The number of hydrazine groups is 1. The summed E-state index contributed by atoms with van der Waals surface area (Å²) in [5, 5.41) is 4.51. The highest BCUT2D eigenvalue weighted by Gasteiger charge is 2.16. The third kappa shape index (κ3) is 2.46. The Hall–Kier alpha value is -2.08. The summed E-state index contributed by atoms with van der Waals surface area (Å²) in [4.78, 5) is 11.5. The number of carbonyl (C=O) groups is 1. The van der Waals surface area contributed by atoms with Gasteiger partial charge in [0, 0.05) is 11.3 Å². The van der Waals surface area contributed by atoms with E-state index in [9.17, 15) is 4.79 Å². The van der Waals surface area contributed by atoms with Crippen molar-refractivity contribution in [1.82, 2.24) is 15.2 Å². The molecule has 0 bridgehead atoms. The first kappa shape index (κ1) is 14.3. The Bertz CT molecular complexity index is 640. The molecule has 0 aliphatic carbocycles. The monoisotopic (exact) mass is 276 g/mol. The quantitative estimate of drug-likeness (QED) is 0.504. The van der Waals surface area contributed by atoms with Gasteiger partial charge in [-0.2, -0.15) is 5.10 Å². The maximum absolute atomic E-state index is 11.5. The number of nitrogens with two attached hydrogens (primary N) is 1. The Morgan fingerprint density at radius 1 is 1.45 bits per heavy atom. The van der Waals surface area contributed by atoms with E-state index in [0.717, 1.165) is 23.4 Å².